The predicted molar refractivity (Wildman–Crippen MR) is 79.8 cm³/mol. The lowest BCUT2D eigenvalue weighted by Crippen LogP contribution is -2.39. The van der Waals surface area contributed by atoms with Gasteiger partial charge in [-0.2, -0.15) is 0 Å². The highest BCUT2D eigenvalue weighted by Gasteiger charge is 2.16. The summed E-state index contributed by atoms with van der Waals surface area (Å²) >= 11 is 0. The normalized spacial score (nSPS) is 16.9. The fourth-order valence-electron chi connectivity index (χ4n) is 2.65. The second kappa shape index (κ2) is 7.29. The van der Waals surface area contributed by atoms with Crippen molar-refractivity contribution in [1.29, 1.82) is 0 Å². The number of benzene rings is 1. The van der Waals surface area contributed by atoms with Crippen molar-refractivity contribution < 1.29 is 9.53 Å². The van der Waals surface area contributed by atoms with Crippen LogP contribution in [0.5, 0.6) is 5.75 Å². The summed E-state index contributed by atoms with van der Waals surface area (Å²) in [5.74, 6) is 0.861. The highest BCUT2D eigenvalue weighted by atomic mass is 16.5. The number of ether oxygens (including phenoxy) is 1. The van der Waals surface area contributed by atoms with E-state index in [2.05, 4.69) is 10.6 Å². The summed E-state index contributed by atoms with van der Waals surface area (Å²) < 4.78 is 5.20. The molecule has 1 aromatic carbocycles. The zero-order valence-electron chi connectivity index (χ0n) is 12.3. The molecule has 0 bridgehead atoms. The minimum absolute atomic E-state index is 0.0111. The molecular formula is C16H24N2O2. The Balaban J connectivity index is 1.80. The number of carbonyl (C=O) groups excluding carboxylic acids is 1. The van der Waals surface area contributed by atoms with E-state index in [1.54, 1.807) is 7.11 Å². The molecule has 2 rings (SSSR count). The Bertz CT molecular complexity index is 442. The van der Waals surface area contributed by atoms with Crippen molar-refractivity contribution in [2.24, 2.45) is 0 Å². The van der Waals surface area contributed by atoms with Crippen molar-refractivity contribution in [1.82, 2.24) is 10.6 Å². The van der Waals surface area contributed by atoms with E-state index in [0.29, 0.717) is 12.6 Å². The van der Waals surface area contributed by atoms with Crippen LogP contribution in [0, 0.1) is 0 Å². The average molecular weight is 276 g/mol. The molecule has 1 aliphatic rings. The molecule has 0 saturated heterocycles. The van der Waals surface area contributed by atoms with Gasteiger partial charge in [0.05, 0.1) is 19.7 Å². The van der Waals surface area contributed by atoms with Crippen LogP contribution in [0.3, 0.4) is 0 Å². The number of carbonyl (C=O) groups is 1. The van der Waals surface area contributed by atoms with Crippen LogP contribution in [0.15, 0.2) is 24.3 Å². The second-order valence-electron chi connectivity index (χ2n) is 5.43. The quantitative estimate of drug-likeness (QED) is 0.839. The standard InChI is InChI=1S/C16H24N2O2/c1-12(13-6-5-9-15(10-13)20-2)18-16(19)11-17-14-7-3-4-8-14/h5-6,9-10,12,14,17H,3-4,7-8,11H2,1-2H3,(H,18,19)/t12-/m0/s1. The molecule has 4 heteroatoms. The number of hydrogen-bond acceptors (Lipinski definition) is 3. The number of amides is 1. The first-order chi connectivity index (χ1) is 9.69. The van der Waals surface area contributed by atoms with Gasteiger partial charge in [-0.05, 0) is 37.5 Å². The molecule has 1 aromatic rings. The fraction of sp³-hybridized carbons (Fsp3) is 0.562. The number of nitrogens with one attached hydrogen (secondary N) is 2. The molecular weight excluding hydrogens is 252 g/mol. The van der Waals surface area contributed by atoms with Crippen LogP contribution in [-0.2, 0) is 4.79 Å². The van der Waals surface area contributed by atoms with E-state index in [1.807, 2.05) is 31.2 Å². The minimum atomic E-state index is -0.0111. The monoisotopic (exact) mass is 276 g/mol. The van der Waals surface area contributed by atoms with Gasteiger partial charge in [-0.1, -0.05) is 25.0 Å². The van der Waals surface area contributed by atoms with Gasteiger partial charge in [0.15, 0.2) is 0 Å². The van der Waals surface area contributed by atoms with Gasteiger partial charge in [-0.25, -0.2) is 0 Å². The van der Waals surface area contributed by atoms with Gasteiger partial charge in [0.25, 0.3) is 0 Å². The molecule has 1 aliphatic carbocycles. The van der Waals surface area contributed by atoms with Crippen LogP contribution in [0.1, 0.15) is 44.2 Å². The Labute approximate surface area is 120 Å². The lowest BCUT2D eigenvalue weighted by Gasteiger charge is -2.17. The van der Waals surface area contributed by atoms with Gasteiger partial charge < -0.3 is 15.4 Å². The first-order valence-corrected chi connectivity index (χ1v) is 7.35. The third kappa shape index (κ3) is 4.23. The molecule has 0 unspecified atom stereocenters. The van der Waals surface area contributed by atoms with Gasteiger partial charge in [0.1, 0.15) is 5.75 Å². The van der Waals surface area contributed by atoms with E-state index >= 15 is 0 Å². The molecule has 0 spiro atoms. The maximum Gasteiger partial charge on any atom is 0.234 e. The van der Waals surface area contributed by atoms with Crippen molar-refractivity contribution in [3.8, 4) is 5.75 Å². The maximum absolute atomic E-state index is 11.9. The largest absolute Gasteiger partial charge is 0.497 e. The molecule has 0 aliphatic heterocycles. The molecule has 1 saturated carbocycles. The highest BCUT2D eigenvalue weighted by Crippen LogP contribution is 2.19. The molecule has 0 radical (unpaired) electrons. The zero-order chi connectivity index (χ0) is 14.4. The third-order valence-corrected chi connectivity index (χ3v) is 3.88. The van der Waals surface area contributed by atoms with E-state index in [1.165, 1.54) is 25.7 Å². The van der Waals surface area contributed by atoms with Crippen molar-refractivity contribution in [2.45, 2.75) is 44.7 Å². The first-order valence-electron chi connectivity index (χ1n) is 7.35. The number of rotatable bonds is 6. The van der Waals surface area contributed by atoms with Gasteiger partial charge in [-0.3, -0.25) is 4.79 Å². The number of hydrogen-bond donors (Lipinski definition) is 2. The molecule has 1 amide bonds. The Morgan fingerprint density at radius 1 is 1.40 bits per heavy atom. The number of methoxy groups -OCH3 is 1. The van der Waals surface area contributed by atoms with Crippen LogP contribution in [0.2, 0.25) is 0 Å². The van der Waals surface area contributed by atoms with E-state index < -0.39 is 0 Å². The maximum atomic E-state index is 11.9. The van der Waals surface area contributed by atoms with E-state index in [4.69, 9.17) is 4.74 Å². The molecule has 4 nitrogen and oxygen atoms in total. The van der Waals surface area contributed by atoms with Gasteiger partial charge in [0.2, 0.25) is 5.91 Å². The molecule has 1 fully saturated rings. The molecule has 1 atom stereocenters. The van der Waals surface area contributed by atoms with Crippen molar-refractivity contribution in [3.05, 3.63) is 29.8 Å². The molecule has 0 heterocycles. The van der Waals surface area contributed by atoms with Crippen LogP contribution >= 0.6 is 0 Å². The summed E-state index contributed by atoms with van der Waals surface area (Å²) in [6, 6.07) is 8.30. The smallest absolute Gasteiger partial charge is 0.234 e. The highest BCUT2D eigenvalue weighted by molar-refractivity contribution is 5.78. The predicted octanol–water partition coefficient (Wildman–Crippen LogP) is 2.40. The van der Waals surface area contributed by atoms with Crippen LogP contribution in [-0.4, -0.2) is 25.6 Å². The Morgan fingerprint density at radius 3 is 2.85 bits per heavy atom. The minimum Gasteiger partial charge on any atom is -0.497 e. The summed E-state index contributed by atoms with van der Waals surface area (Å²) in [6.45, 7) is 2.39. The van der Waals surface area contributed by atoms with Crippen molar-refractivity contribution in [2.75, 3.05) is 13.7 Å². The zero-order valence-corrected chi connectivity index (χ0v) is 12.3. The second-order valence-corrected chi connectivity index (χ2v) is 5.43. The summed E-state index contributed by atoms with van der Waals surface area (Å²) in [5, 5.41) is 6.34. The van der Waals surface area contributed by atoms with Crippen molar-refractivity contribution >= 4 is 5.91 Å². The average Bonchev–Trinajstić information content (AvgIpc) is 2.98. The molecule has 110 valence electrons. The van der Waals surface area contributed by atoms with Crippen LogP contribution in [0.4, 0.5) is 0 Å². The topological polar surface area (TPSA) is 50.4 Å². The van der Waals surface area contributed by atoms with Crippen molar-refractivity contribution in [3.63, 3.8) is 0 Å². The third-order valence-electron chi connectivity index (χ3n) is 3.88. The summed E-state index contributed by atoms with van der Waals surface area (Å²) in [7, 11) is 1.65. The van der Waals surface area contributed by atoms with E-state index in [9.17, 15) is 4.79 Å². The van der Waals surface area contributed by atoms with Gasteiger partial charge >= 0.3 is 0 Å². The Hall–Kier alpha value is -1.55. The van der Waals surface area contributed by atoms with E-state index in [-0.39, 0.29) is 11.9 Å². The van der Waals surface area contributed by atoms with Gasteiger partial charge in [-0.15, -0.1) is 0 Å². The SMILES string of the molecule is COc1cccc([C@H](C)NC(=O)CNC2CCCC2)c1. The first kappa shape index (κ1) is 14.9. The van der Waals surface area contributed by atoms with Crippen LogP contribution < -0.4 is 15.4 Å². The lowest BCUT2D eigenvalue weighted by molar-refractivity contribution is -0.121. The van der Waals surface area contributed by atoms with E-state index in [0.717, 1.165) is 11.3 Å². The Kier molecular flexibility index (Phi) is 5.41. The molecule has 0 aromatic heterocycles. The molecule has 2 N–H and O–H groups in total. The van der Waals surface area contributed by atoms with Crippen LogP contribution in [0.25, 0.3) is 0 Å². The summed E-state index contributed by atoms with van der Waals surface area (Å²) in [4.78, 5) is 11.9. The Morgan fingerprint density at radius 2 is 2.15 bits per heavy atom. The summed E-state index contributed by atoms with van der Waals surface area (Å²) in [6.07, 6.45) is 4.94. The summed E-state index contributed by atoms with van der Waals surface area (Å²) in [5.41, 5.74) is 1.05. The van der Waals surface area contributed by atoms with Gasteiger partial charge in [0, 0.05) is 6.04 Å². The fourth-order valence-corrected chi connectivity index (χ4v) is 2.65. The molecule has 20 heavy (non-hydrogen) atoms. The lowest BCUT2D eigenvalue weighted by atomic mass is 10.1.